The second kappa shape index (κ2) is 6.92. The molecule has 0 spiro atoms. The number of nitrogens with one attached hydrogen (secondary N) is 3. The van der Waals surface area contributed by atoms with Crippen LogP contribution < -0.4 is 20.1 Å². The molecule has 2 aromatic rings. The molecule has 0 aromatic heterocycles. The molecular formula is C19H19N3O5S. The van der Waals surface area contributed by atoms with Gasteiger partial charge in [0.2, 0.25) is 10.0 Å². The number of hydrogen-bond acceptors (Lipinski definition) is 5. The fraction of sp³-hybridized carbons (Fsp3) is 0.263. The van der Waals surface area contributed by atoms with Crippen LogP contribution in [0.5, 0.6) is 5.75 Å². The van der Waals surface area contributed by atoms with Crippen LogP contribution in [0.4, 0.5) is 11.4 Å². The molecule has 1 fully saturated rings. The summed E-state index contributed by atoms with van der Waals surface area (Å²) >= 11 is 0. The van der Waals surface area contributed by atoms with Crippen LogP contribution in [0.15, 0.2) is 47.4 Å². The lowest BCUT2D eigenvalue weighted by Crippen LogP contribution is -2.34. The highest BCUT2D eigenvalue weighted by Crippen LogP contribution is 2.32. The second-order valence-corrected chi connectivity index (χ2v) is 8.55. The van der Waals surface area contributed by atoms with Gasteiger partial charge in [-0.25, -0.2) is 13.1 Å². The number of benzene rings is 2. The maximum atomic E-state index is 12.6. The highest BCUT2D eigenvalue weighted by molar-refractivity contribution is 7.89. The zero-order chi connectivity index (χ0) is 19.9. The minimum Gasteiger partial charge on any atom is -0.479 e. The van der Waals surface area contributed by atoms with Gasteiger partial charge in [0.25, 0.3) is 11.8 Å². The van der Waals surface area contributed by atoms with Crippen molar-refractivity contribution in [2.45, 2.75) is 36.8 Å². The van der Waals surface area contributed by atoms with Gasteiger partial charge in [-0.1, -0.05) is 6.07 Å². The first-order valence-corrected chi connectivity index (χ1v) is 10.4. The van der Waals surface area contributed by atoms with Crippen LogP contribution in [0.3, 0.4) is 0 Å². The molecule has 28 heavy (non-hydrogen) atoms. The standard InChI is InChI=1S/C19H19N3O5S/c1-11-18(23)21-16-10-14(7-8-17(16)27-11)20-19(24)12-3-2-4-15(9-12)28(25,26)22-13-5-6-13/h2-4,7-11,13,22H,5-6H2,1H3,(H,20,24)(H,21,23). The van der Waals surface area contributed by atoms with Crippen molar-refractivity contribution in [3.63, 3.8) is 0 Å². The number of amides is 2. The lowest BCUT2D eigenvalue weighted by Gasteiger charge is -2.23. The van der Waals surface area contributed by atoms with Crippen molar-refractivity contribution in [2.24, 2.45) is 0 Å². The Morgan fingerprint density at radius 3 is 2.71 bits per heavy atom. The molecule has 0 bridgehead atoms. The fourth-order valence-electron chi connectivity index (χ4n) is 2.78. The molecule has 8 nitrogen and oxygen atoms in total. The molecular weight excluding hydrogens is 382 g/mol. The molecule has 146 valence electrons. The molecule has 0 saturated heterocycles. The maximum Gasteiger partial charge on any atom is 0.265 e. The van der Waals surface area contributed by atoms with Gasteiger partial charge in [0.05, 0.1) is 10.6 Å². The van der Waals surface area contributed by atoms with E-state index in [0.29, 0.717) is 17.1 Å². The van der Waals surface area contributed by atoms with Crippen LogP contribution in [0.25, 0.3) is 0 Å². The third-order valence-electron chi connectivity index (χ3n) is 4.47. The van der Waals surface area contributed by atoms with Gasteiger partial charge < -0.3 is 15.4 Å². The molecule has 1 saturated carbocycles. The summed E-state index contributed by atoms with van der Waals surface area (Å²) in [4.78, 5) is 24.4. The molecule has 1 heterocycles. The Hall–Kier alpha value is -2.91. The van der Waals surface area contributed by atoms with E-state index >= 15 is 0 Å². The zero-order valence-electron chi connectivity index (χ0n) is 15.1. The molecule has 1 aliphatic heterocycles. The summed E-state index contributed by atoms with van der Waals surface area (Å²) in [6, 6.07) is 10.7. The number of carbonyl (C=O) groups excluding carboxylic acids is 2. The van der Waals surface area contributed by atoms with Gasteiger partial charge in [-0.15, -0.1) is 0 Å². The van der Waals surface area contributed by atoms with Crippen molar-refractivity contribution in [2.75, 3.05) is 10.6 Å². The Morgan fingerprint density at radius 1 is 1.18 bits per heavy atom. The predicted molar refractivity (Wildman–Crippen MR) is 103 cm³/mol. The Labute approximate surface area is 162 Å². The number of rotatable bonds is 5. The van der Waals surface area contributed by atoms with Crippen LogP contribution in [-0.4, -0.2) is 32.4 Å². The van der Waals surface area contributed by atoms with Crippen molar-refractivity contribution in [3.8, 4) is 5.75 Å². The van der Waals surface area contributed by atoms with Crippen LogP contribution in [0, 0.1) is 0 Å². The van der Waals surface area contributed by atoms with E-state index in [0.717, 1.165) is 12.8 Å². The van der Waals surface area contributed by atoms with E-state index < -0.39 is 22.0 Å². The minimum atomic E-state index is -3.64. The summed E-state index contributed by atoms with van der Waals surface area (Å²) in [6.45, 7) is 1.65. The fourth-order valence-corrected chi connectivity index (χ4v) is 4.13. The second-order valence-electron chi connectivity index (χ2n) is 6.84. The summed E-state index contributed by atoms with van der Waals surface area (Å²) in [5.74, 6) is -0.207. The van der Waals surface area contributed by atoms with Crippen molar-refractivity contribution in [1.29, 1.82) is 0 Å². The Kier molecular flexibility index (Phi) is 4.56. The molecule has 2 aliphatic rings. The van der Waals surface area contributed by atoms with E-state index in [1.807, 2.05) is 0 Å². The van der Waals surface area contributed by atoms with Crippen LogP contribution in [-0.2, 0) is 14.8 Å². The van der Waals surface area contributed by atoms with Crippen LogP contribution in [0.2, 0.25) is 0 Å². The van der Waals surface area contributed by atoms with Gasteiger partial charge in [0, 0.05) is 17.3 Å². The Bertz CT molecular complexity index is 1060. The lowest BCUT2D eigenvalue weighted by atomic mass is 10.2. The molecule has 3 N–H and O–H groups in total. The number of sulfonamides is 1. The first-order valence-electron chi connectivity index (χ1n) is 8.87. The minimum absolute atomic E-state index is 0.0156. The summed E-state index contributed by atoms with van der Waals surface area (Å²) in [6.07, 6.45) is 1.08. The topological polar surface area (TPSA) is 114 Å². The third kappa shape index (κ3) is 3.85. The summed E-state index contributed by atoms with van der Waals surface area (Å²) in [7, 11) is -3.64. The molecule has 2 aromatic carbocycles. The van der Waals surface area contributed by atoms with E-state index in [-0.39, 0.29) is 22.4 Å². The van der Waals surface area contributed by atoms with Crippen molar-refractivity contribution in [1.82, 2.24) is 4.72 Å². The average Bonchev–Trinajstić information content (AvgIpc) is 3.46. The number of ether oxygens (including phenoxy) is 1. The van der Waals surface area contributed by atoms with E-state index in [2.05, 4.69) is 15.4 Å². The number of anilines is 2. The van der Waals surface area contributed by atoms with Crippen LogP contribution in [0.1, 0.15) is 30.1 Å². The van der Waals surface area contributed by atoms with Gasteiger partial charge in [-0.05, 0) is 56.2 Å². The van der Waals surface area contributed by atoms with Crippen molar-refractivity contribution in [3.05, 3.63) is 48.0 Å². The third-order valence-corrected chi connectivity index (χ3v) is 5.99. The first-order chi connectivity index (χ1) is 13.3. The van der Waals surface area contributed by atoms with E-state index in [1.165, 1.54) is 24.3 Å². The summed E-state index contributed by atoms with van der Waals surface area (Å²) < 4.78 is 32.7. The molecule has 2 amide bonds. The van der Waals surface area contributed by atoms with E-state index in [9.17, 15) is 18.0 Å². The normalized spacial score (nSPS) is 18.6. The Morgan fingerprint density at radius 2 is 1.96 bits per heavy atom. The highest BCUT2D eigenvalue weighted by Gasteiger charge is 2.28. The smallest absolute Gasteiger partial charge is 0.265 e. The van der Waals surface area contributed by atoms with E-state index in [4.69, 9.17) is 4.74 Å². The number of fused-ring (bicyclic) bond motifs is 1. The Balaban J connectivity index is 1.52. The summed E-state index contributed by atoms with van der Waals surface area (Å²) in [5.41, 5.74) is 1.13. The molecule has 9 heteroatoms. The quantitative estimate of drug-likeness (QED) is 0.710. The van der Waals surface area contributed by atoms with Gasteiger partial charge in [0.1, 0.15) is 5.75 Å². The van der Waals surface area contributed by atoms with Crippen molar-refractivity contribution >= 4 is 33.2 Å². The number of hydrogen-bond donors (Lipinski definition) is 3. The predicted octanol–water partition coefficient (Wildman–Crippen LogP) is 2.10. The maximum absolute atomic E-state index is 12.6. The van der Waals surface area contributed by atoms with Gasteiger partial charge in [-0.2, -0.15) is 0 Å². The van der Waals surface area contributed by atoms with Crippen LogP contribution >= 0.6 is 0 Å². The lowest BCUT2D eigenvalue weighted by molar-refractivity contribution is -0.122. The number of carbonyl (C=O) groups is 2. The molecule has 0 radical (unpaired) electrons. The highest BCUT2D eigenvalue weighted by atomic mass is 32.2. The SMILES string of the molecule is CC1Oc2ccc(NC(=O)c3cccc(S(=O)(=O)NC4CC4)c3)cc2NC1=O. The van der Waals surface area contributed by atoms with Gasteiger partial charge >= 0.3 is 0 Å². The largest absolute Gasteiger partial charge is 0.479 e. The molecule has 1 unspecified atom stereocenters. The molecule has 1 aliphatic carbocycles. The summed E-state index contributed by atoms with van der Waals surface area (Å²) in [5, 5.41) is 5.42. The molecule has 4 rings (SSSR count). The monoisotopic (exact) mass is 401 g/mol. The van der Waals surface area contributed by atoms with E-state index in [1.54, 1.807) is 25.1 Å². The first kappa shape index (κ1) is 18.5. The van der Waals surface area contributed by atoms with Crippen molar-refractivity contribution < 1.29 is 22.7 Å². The molecule has 1 atom stereocenters. The zero-order valence-corrected chi connectivity index (χ0v) is 15.9. The van der Waals surface area contributed by atoms with Gasteiger partial charge in [-0.3, -0.25) is 9.59 Å². The van der Waals surface area contributed by atoms with Gasteiger partial charge in [0.15, 0.2) is 6.10 Å². The average molecular weight is 401 g/mol.